The van der Waals surface area contributed by atoms with Crippen LogP contribution in [-0.2, 0) is 11.8 Å². The summed E-state index contributed by atoms with van der Waals surface area (Å²) >= 11 is 6.81. The van der Waals surface area contributed by atoms with Crippen LogP contribution in [0, 0.1) is 0 Å². The minimum Gasteiger partial charge on any atom is -0.0826 e. The van der Waals surface area contributed by atoms with Gasteiger partial charge in [-0.15, -0.1) is 0 Å². The van der Waals surface area contributed by atoms with Crippen molar-refractivity contribution in [1.29, 1.82) is 0 Å². The van der Waals surface area contributed by atoms with Crippen LogP contribution in [0.15, 0.2) is 164 Å². The first kappa shape index (κ1) is 32.1. The normalized spacial score (nSPS) is 13.6. The number of allylic oxidation sites excluding steroid dienone is 3. The third kappa shape index (κ3) is 7.61. The zero-order chi connectivity index (χ0) is 32.6. The maximum absolute atomic E-state index is 6.81. The Kier molecular flexibility index (Phi) is 10.1. The van der Waals surface area contributed by atoms with Crippen molar-refractivity contribution >= 4 is 68.7 Å². The Morgan fingerprint density at radius 2 is 0.596 bits per heavy atom. The van der Waals surface area contributed by atoms with Crippen molar-refractivity contribution in [1.82, 2.24) is 0 Å². The first-order valence-electron chi connectivity index (χ1n) is 16.0. The van der Waals surface area contributed by atoms with Gasteiger partial charge in [-0.3, -0.25) is 0 Å². The molecule has 0 N–H and O–H groups in total. The molecule has 6 aromatic rings. The quantitative estimate of drug-likeness (QED) is 0.112. The molecule has 0 aliphatic heterocycles. The van der Waals surface area contributed by atoms with Crippen molar-refractivity contribution in [3.8, 4) is 0 Å². The van der Waals surface area contributed by atoms with E-state index in [4.69, 9.17) is 11.8 Å². The standard InChI is InChI=1S/C45H39PS/c1-34(31-37-13-7-4-8-14-37)40-19-25-43(26-20-40)46(47,44-27-21-41(22-28-44)35(2)32-38-15-9-5-10-16-38)45-29-23-42(24-30-45)36(3)33-39-17-11-6-12-18-39/h4-33H,1-3H3. The van der Waals surface area contributed by atoms with E-state index < -0.39 is 6.04 Å². The fraction of sp³-hybridized carbons (Fsp3) is 0.0667. The third-order valence-corrected chi connectivity index (χ3v) is 13.6. The molecular weight excluding hydrogens is 604 g/mol. The first-order valence-corrected chi connectivity index (χ1v) is 18.8. The zero-order valence-corrected chi connectivity index (χ0v) is 28.9. The second kappa shape index (κ2) is 14.7. The largest absolute Gasteiger partial charge is 0.0826 e. The average molecular weight is 643 g/mol. The molecule has 0 nitrogen and oxygen atoms in total. The van der Waals surface area contributed by atoms with Crippen molar-refractivity contribution in [2.45, 2.75) is 20.8 Å². The van der Waals surface area contributed by atoms with Gasteiger partial charge in [0.15, 0.2) is 0 Å². The van der Waals surface area contributed by atoms with Gasteiger partial charge in [0.05, 0.1) is 0 Å². The summed E-state index contributed by atoms with van der Waals surface area (Å²) in [6, 6.07) is 56.0. The molecule has 6 rings (SSSR count). The van der Waals surface area contributed by atoms with Crippen molar-refractivity contribution in [2.24, 2.45) is 0 Å². The van der Waals surface area contributed by atoms with Crippen LogP contribution in [0.2, 0.25) is 0 Å². The van der Waals surface area contributed by atoms with Gasteiger partial charge >= 0.3 is 0 Å². The van der Waals surface area contributed by atoms with Crippen LogP contribution in [0.5, 0.6) is 0 Å². The molecule has 0 aliphatic rings. The first-order chi connectivity index (χ1) is 22.9. The molecule has 0 unspecified atom stereocenters. The second-order valence-corrected chi connectivity index (χ2v) is 16.4. The van der Waals surface area contributed by atoms with Gasteiger partial charge in [0.25, 0.3) is 0 Å². The Hall–Kier alpha value is -4.81. The molecule has 47 heavy (non-hydrogen) atoms. The van der Waals surface area contributed by atoms with Crippen LogP contribution >= 0.6 is 6.04 Å². The molecule has 0 heterocycles. The summed E-state index contributed by atoms with van der Waals surface area (Å²) in [5, 5.41) is 3.58. The third-order valence-electron chi connectivity index (χ3n) is 8.61. The summed E-state index contributed by atoms with van der Waals surface area (Å²) in [6.45, 7) is 6.52. The van der Waals surface area contributed by atoms with Gasteiger partial charge in [-0.1, -0.05) is 194 Å². The second-order valence-electron chi connectivity index (χ2n) is 12.0. The minimum atomic E-state index is -2.35. The van der Waals surface area contributed by atoms with E-state index in [0.717, 1.165) is 0 Å². The molecule has 0 aliphatic carbocycles. The zero-order valence-electron chi connectivity index (χ0n) is 27.2. The highest BCUT2D eigenvalue weighted by Crippen LogP contribution is 2.43. The van der Waals surface area contributed by atoms with Crippen LogP contribution in [-0.4, -0.2) is 0 Å². The van der Waals surface area contributed by atoms with E-state index in [9.17, 15) is 0 Å². The van der Waals surface area contributed by atoms with Gasteiger partial charge in [-0.2, -0.15) is 0 Å². The number of rotatable bonds is 9. The summed E-state index contributed by atoms with van der Waals surface area (Å²) < 4.78 is 0. The predicted molar refractivity (Wildman–Crippen MR) is 212 cm³/mol. The maximum atomic E-state index is 6.81. The van der Waals surface area contributed by atoms with Gasteiger partial charge in [-0.05, 0) is 86.8 Å². The molecule has 0 spiro atoms. The SMILES string of the molecule is CC(=Cc1ccccc1)c1ccc(P(=S)(c2ccc(C(C)=Cc3ccccc3)cc2)c2ccc(C(C)=Cc3ccccc3)cc2)cc1. The van der Waals surface area contributed by atoms with Crippen LogP contribution in [0.3, 0.4) is 0 Å². The van der Waals surface area contributed by atoms with Gasteiger partial charge in [0, 0.05) is 6.04 Å². The number of hydrogen-bond donors (Lipinski definition) is 0. The summed E-state index contributed by atoms with van der Waals surface area (Å²) in [7, 11) is 0. The Morgan fingerprint density at radius 1 is 0.362 bits per heavy atom. The molecule has 0 bridgehead atoms. The average Bonchev–Trinajstić information content (AvgIpc) is 3.13. The molecule has 0 atom stereocenters. The molecule has 0 radical (unpaired) electrons. The lowest BCUT2D eigenvalue weighted by atomic mass is 10.0. The topological polar surface area (TPSA) is 0 Å². The van der Waals surface area contributed by atoms with Crippen LogP contribution in [0.4, 0.5) is 0 Å². The van der Waals surface area contributed by atoms with Gasteiger partial charge in [0.2, 0.25) is 0 Å². The predicted octanol–water partition coefficient (Wildman–Crippen LogP) is 11.1. The van der Waals surface area contributed by atoms with Crippen molar-refractivity contribution in [2.75, 3.05) is 0 Å². The fourth-order valence-electron chi connectivity index (χ4n) is 5.90. The number of benzene rings is 6. The van der Waals surface area contributed by atoms with Crippen molar-refractivity contribution in [3.05, 3.63) is 197 Å². The van der Waals surface area contributed by atoms with Gasteiger partial charge < -0.3 is 0 Å². The van der Waals surface area contributed by atoms with Crippen molar-refractivity contribution in [3.63, 3.8) is 0 Å². The molecule has 6 aromatic carbocycles. The molecule has 230 valence electrons. The number of hydrogen-bond acceptors (Lipinski definition) is 1. The molecule has 0 amide bonds. The molecule has 0 saturated heterocycles. The van der Waals surface area contributed by atoms with E-state index >= 15 is 0 Å². The van der Waals surface area contributed by atoms with Crippen LogP contribution < -0.4 is 15.9 Å². The van der Waals surface area contributed by atoms with E-state index in [1.165, 1.54) is 66.0 Å². The lowest BCUT2D eigenvalue weighted by Gasteiger charge is -2.25. The Labute approximate surface area is 285 Å². The monoisotopic (exact) mass is 642 g/mol. The molecule has 0 aromatic heterocycles. The van der Waals surface area contributed by atoms with Gasteiger partial charge in [-0.25, -0.2) is 0 Å². The van der Waals surface area contributed by atoms with E-state index in [1.807, 2.05) is 0 Å². The Bertz CT molecular complexity index is 1820. The molecular formula is C45H39PS. The minimum absolute atomic E-state index is 1.19. The highest BCUT2D eigenvalue weighted by molar-refractivity contribution is 8.25. The summed E-state index contributed by atoms with van der Waals surface area (Å²) in [6.07, 6.45) is 6.71. The lowest BCUT2D eigenvalue weighted by molar-refractivity contribution is 1.58. The van der Waals surface area contributed by atoms with Gasteiger partial charge in [0.1, 0.15) is 0 Å². The van der Waals surface area contributed by atoms with Crippen molar-refractivity contribution < 1.29 is 0 Å². The fourth-order valence-corrected chi connectivity index (χ4v) is 9.59. The Balaban J connectivity index is 1.37. The van der Waals surface area contributed by atoms with Crippen LogP contribution in [0.1, 0.15) is 54.2 Å². The molecule has 0 fully saturated rings. The van der Waals surface area contributed by atoms with E-state index in [2.05, 4.69) is 203 Å². The summed E-state index contributed by atoms with van der Waals surface area (Å²) in [5.41, 5.74) is 10.9. The van der Waals surface area contributed by atoms with Crippen LogP contribution in [0.25, 0.3) is 34.9 Å². The van der Waals surface area contributed by atoms with E-state index in [-0.39, 0.29) is 0 Å². The lowest BCUT2D eigenvalue weighted by Crippen LogP contribution is -2.25. The van der Waals surface area contributed by atoms with E-state index in [0.29, 0.717) is 0 Å². The summed E-state index contributed by atoms with van der Waals surface area (Å²) in [5.74, 6) is 0. The maximum Gasteiger partial charge on any atom is 0.0379 e. The summed E-state index contributed by atoms with van der Waals surface area (Å²) in [4.78, 5) is 0. The Morgan fingerprint density at radius 3 is 0.830 bits per heavy atom. The smallest absolute Gasteiger partial charge is 0.0379 e. The molecule has 2 heteroatoms. The van der Waals surface area contributed by atoms with E-state index in [1.54, 1.807) is 0 Å². The highest BCUT2D eigenvalue weighted by Gasteiger charge is 2.25. The highest BCUT2D eigenvalue weighted by atomic mass is 32.4. The molecule has 0 saturated carbocycles.